The number of rotatable bonds is 2. The molecule has 6 nitrogen and oxygen atoms in total. The number of fused-ring (bicyclic) bond motifs is 1. The molecule has 19 heavy (non-hydrogen) atoms. The summed E-state index contributed by atoms with van der Waals surface area (Å²) in [7, 11) is -3.46. The number of hydrogen-bond acceptors (Lipinski definition) is 4. The number of morpholine rings is 1. The Bertz CT molecular complexity index is 582. The standard InChI is InChI=1S/C12H17N3O3S/c13-11-2-1-10-3-4-15(12(10)9-11)19(16,17)14-5-7-18-8-6-14/h1-2,9H,3-8,13H2. The Hall–Kier alpha value is -1.31. The zero-order chi connectivity index (χ0) is 13.5. The lowest BCUT2D eigenvalue weighted by molar-refractivity contribution is 0.0729. The molecule has 0 radical (unpaired) electrons. The molecule has 0 aromatic heterocycles. The van der Waals surface area contributed by atoms with Crippen LogP contribution in [0.25, 0.3) is 0 Å². The van der Waals surface area contributed by atoms with Crippen LogP contribution in [-0.4, -0.2) is 45.6 Å². The van der Waals surface area contributed by atoms with E-state index in [0.29, 0.717) is 44.2 Å². The number of nitrogen functional groups attached to an aromatic ring is 1. The van der Waals surface area contributed by atoms with E-state index in [-0.39, 0.29) is 0 Å². The SMILES string of the molecule is Nc1ccc2c(c1)N(S(=O)(=O)N1CCOCC1)CC2. The van der Waals surface area contributed by atoms with Gasteiger partial charge in [0.15, 0.2) is 0 Å². The van der Waals surface area contributed by atoms with Gasteiger partial charge in [0.05, 0.1) is 18.9 Å². The molecule has 2 aliphatic rings. The third kappa shape index (κ3) is 2.18. The van der Waals surface area contributed by atoms with Crippen LogP contribution in [0.15, 0.2) is 18.2 Å². The van der Waals surface area contributed by atoms with Crippen molar-refractivity contribution >= 4 is 21.6 Å². The summed E-state index contributed by atoms with van der Waals surface area (Å²) in [6.45, 7) is 2.22. The number of nitrogens with zero attached hydrogens (tertiary/aromatic N) is 2. The molecule has 1 saturated heterocycles. The lowest BCUT2D eigenvalue weighted by Crippen LogP contribution is -2.48. The maximum atomic E-state index is 12.6. The van der Waals surface area contributed by atoms with E-state index < -0.39 is 10.2 Å². The number of nitrogens with two attached hydrogens (primary N) is 1. The number of hydrogen-bond donors (Lipinski definition) is 1. The Labute approximate surface area is 112 Å². The highest BCUT2D eigenvalue weighted by Crippen LogP contribution is 2.33. The summed E-state index contributed by atoms with van der Waals surface area (Å²) in [6.07, 6.45) is 0.735. The Balaban J connectivity index is 1.93. The maximum Gasteiger partial charge on any atom is 0.304 e. The van der Waals surface area contributed by atoms with E-state index >= 15 is 0 Å². The van der Waals surface area contributed by atoms with Gasteiger partial charge in [0.2, 0.25) is 0 Å². The average molecular weight is 283 g/mol. The van der Waals surface area contributed by atoms with E-state index in [1.165, 1.54) is 8.61 Å². The predicted octanol–water partition coefficient (Wildman–Crippen LogP) is 0.208. The van der Waals surface area contributed by atoms with Gasteiger partial charge in [-0.05, 0) is 24.1 Å². The molecule has 2 heterocycles. The van der Waals surface area contributed by atoms with Gasteiger partial charge >= 0.3 is 10.2 Å². The van der Waals surface area contributed by atoms with Gasteiger partial charge in [-0.1, -0.05) is 6.07 Å². The van der Waals surface area contributed by atoms with Gasteiger partial charge in [0.1, 0.15) is 0 Å². The van der Waals surface area contributed by atoms with Crippen molar-refractivity contribution < 1.29 is 13.2 Å². The number of ether oxygens (including phenoxy) is 1. The van der Waals surface area contributed by atoms with Crippen LogP contribution in [0.4, 0.5) is 11.4 Å². The molecule has 1 aromatic carbocycles. The van der Waals surface area contributed by atoms with Gasteiger partial charge in [0.25, 0.3) is 0 Å². The van der Waals surface area contributed by atoms with Crippen molar-refractivity contribution in [3.05, 3.63) is 23.8 Å². The van der Waals surface area contributed by atoms with E-state index in [1.807, 2.05) is 12.1 Å². The third-order valence-corrected chi connectivity index (χ3v) is 5.49. The molecule has 0 unspecified atom stereocenters. The van der Waals surface area contributed by atoms with Gasteiger partial charge in [0, 0.05) is 25.3 Å². The highest BCUT2D eigenvalue weighted by molar-refractivity contribution is 7.90. The first kappa shape index (κ1) is 12.7. The Morgan fingerprint density at radius 2 is 1.89 bits per heavy atom. The van der Waals surface area contributed by atoms with Crippen molar-refractivity contribution in [3.63, 3.8) is 0 Å². The number of anilines is 2. The Morgan fingerprint density at radius 1 is 1.16 bits per heavy atom. The number of benzene rings is 1. The molecule has 0 atom stereocenters. The summed E-state index contributed by atoms with van der Waals surface area (Å²) in [5, 5.41) is 0. The van der Waals surface area contributed by atoms with Crippen molar-refractivity contribution in [3.8, 4) is 0 Å². The molecule has 1 aromatic rings. The molecule has 7 heteroatoms. The van der Waals surface area contributed by atoms with Gasteiger partial charge in [-0.2, -0.15) is 12.7 Å². The molecule has 0 saturated carbocycles. The monoisotopic (exact) mass is 283 g/mol. The van der Waals surface area contributed by atoms with Crippen LogP contribution in [0, 0.1) is 0 Å². The van der Waals surface area contributed by atoms with Gasteiger partial charge < -0.3 is 10.5 Å². The fourth-order valence-corrected chi connectivity index (χ4v) is 4.15. The van der Waals surface area contributed by atoms with Crippen molar-refractivity contribution in [1.29, 1.82) is 0 Å². The predicted molar refractivity (Wildman–Crippen MR) is 73.2 cm³/mol. The summed E-state index contributed by atoms with van der Waals surface area (Å²) < 4.78 is 33.4. The van der Waals surface area contributed by atoms with Crippen LogP contribution in [0.2, 0.25) is 0 Å². The lowest BCUT2D eigenvalue weighted by atomic mass is 10.1. The molecule has 2 aliphatic heterocycles. The van der Waals surface area contributed by atoms with E-state index in [4.69, 9.17) is 10.5 Å². The van der Waals surface area contributed by atoms with E-state index in [0.717, 1.165) is 12.0 Å². The first-order chi connectivity index (χ1) is 9.09. The van der Waals surface area contributed by atoms with Crippen LogP contribution in [-0.2, 0) is 21.4 Å². The average Bonchev–Trinajstić information content (AvgIpc) is 2.83. The minimum absolute atomic E-state index is 0.413. The van der Waals surface area contributed by atoms with E-state index in [2.05, 4.69) is 0 Å². The first-order valence-electron chi connectivity index (χ1n) is 6.33. The Morgan fingerprint density at radius 3 is 2.63 bits per heavy atom. The molecule has 3 rings (SSSR count). The van der Waals surface area contributed by atoms with Crippen LogP contribution < -0.4 is 10.0 Å². The van der Waals surface area contributed by atoms with E-state index in [9.17, 15) is 8.42 Å². The van der Waals surface area contributed by atoms with Crippen molar-refractivity contribution in [2.45, 2.75) is 6.42 Å². The van der Waals surface area contributed by atoms with Gasteiger partial charge in [-0.25, -0.2) is 0 Å². The topological polar surface area (TPSA) is 75.9 Å². The minimum Gasteiger partial charge on any atom is -0.399 e. The van der Waals surface area contributed by atoms with Crippen LogP contribution in [0.3, 0.4) is 0 Å². The molecule has 0 aliphatic carbocycles. The quantitative estimate of drug-likeness (QED) is 0.787. The summed E-state index contributed by atoms with van der Waals surface area (Å²) in [5.74, 6) is 0. The Kier molecular flexibility index (Phi) is 3.12. The second-order valence-electron chi connectivity index (χ2n) is 4.73. The zero-order valence-electron chi connectivity index (χ0n) is 10.6. The van der Waals surface area contributed by atoms with Crippen molar-refractivity contribution in [2.75, 3.05) is 42.9 Å². The van der Waals surface area contributed by atoms with Crippen molar-refractivity contribution in [2.24, 2.45) is 0 Å². The van der Waals surface area contributed by atoms with Gasteiger partial charge in [-0.3, -0.25) is 4.31 Å². The van der Waals surface area contributed by atoms with Crippen LogP contribution in [0.1, 0.15) is 5.56 Å². The molecule has 1 fully saturated rings. The molecule has 104 valence electrons. The van der Waals surface area contributed by atoms with Crippen LogP contribution >= 0.6 is 0 Å². The fourth-order valence-electron chi connectivity index (χ4n) is 2.52. The maximum absolute atomic E-state index is 12.6. The lowest BCUT2D eigenvalue weighted by Gasteiger charge is -2.31. The largest absolute Gasteiger partial charge is 0.399 e. The van der Waals surface area contributed by atoms with Gasteiger partial charge in [-0.15, -0.1) is 0 Å². The summed E-state index contributed by atoms with van der Waals surface area (Å²) in [4.78, 5) is 0. The van der Waals surface area contributed by atoms with E-state index in [1.54, 1.807) is 6.07 Å². The second-order valence-corrected chi connectivity index (χ2v) is 6.58. The molecule has 0 spiro atoms. The summed E-state index contributed by atoms with van der Waals surface area (Å²) in [5.41, 5.74) is 8.09. The highest BCUT2D eigenvalue weighted by Gasteiger charge is 2.35. The fraction of sp³-hybridized carbons (Fsp3) is 0.500. The molecule has 2 N–H and O–H groups in total. The van der Waals surface area contributed by atoms with Crippen molar-refractivity contribution in [1.82, 2.24) is 4.31 Å². The smallest absolute Gasteiger partial charge is 0.304 e. The molecular weight excluding hydrogens is 266 g/mol. The second kappa shape index (κ2) is 4.66. The summed E-state index contributed by atoms with van der Waals surface area (Å²) in [6, 6.07) is 5.45. The minimum atomic E-state index is -3.46. The third-order valence-electron chi connectivity index (χ3n) is 3.54. The zero-order valence-corrected chi connectivity index (χ0v) is 11.4. The first-order valence-corrected chi connectivity index (χ1v) is 7.73. The molecular formula is C12H17N3O3S. The normalized spacial score (nSPS) is 20.5. The molecule has 0 bridgehead atoms. The summed E-state index contributed by atoms with van der Waals surface area (Å²) >= 11 is 0. The highest BCUT2D eigenvalue weighted by atomic mass is 32.2. The molecule has 0 amide bonds. The van der Waals surface area contributed by atoms with Crippen LogP contribution in [0.5, 0.6) is 0 Å².